The lowest BCUT2D eigenvalue weighted by Crippen LogP contribution is -2.27. The van der Waals surface area contributed by atoms with E-state index < -0.39 is 17.9 Å². The molecule has 3 aromatic rings. The summed E-state index contributed by atoms with van der Waals surface area (Å²) >= 11 is 5.86. The van der Waals surface area contributed by atoms with E-state index in [1.807, 2.05) is 0 Å². The van der Waals surface area contributed by atoms with Gasteiger partial charge < -0.3 is 14.9 Å². The van der Waals surface area contributed by atoms with E-state index in [0.717, 1.165) is 0 Å². The fraction of sp³-hybridized carbons (Fsp3) is 0.111. The van der Waals surface area contributed by atoms with E-state index >= 15 is 0 Å². The predicted octanol–water partition coefficient (Wildman–Crippen LogP) is 3.58. The van der Waals surface area contributed by atoms with Crippen molar-refractivity contribution in [3.8, 4) is 11.3 Å². The molecule has 2 aromatic heterocycles. The maximum atomic E-state index is 12.2. The van der Waals surface area contributed by atoms with E-state index in [9.17, 15) is 14.7 Å². The fourth-order valence-corrected chi connectivity index (χ4v) is 2.58. The number of aromatic nitrogens is 2. The van der Waals surface area contributed by atoms with E-state index in [2.05, 4.69) is 15.5 Å². The van der Waals surface area contributed by atoms with Crippen LogP contribution in [0.3, 0.4) is 0 Å². The molecule has 1 atom stereocenters. The lowest BCUT2D eigenvalue weighted by molar-refractivity contribution is 0.0692. The number of halogens is 1. The van der Waals surface area contributed by atoms with Crippen molar-refractivity contribution < 1.29 is 19.2 Å². The van der Waals surface area contributed by atoms with Crippen LogP contribution in [0.2, 0.25) is 5.02 Å². The molecule has 2 N–H and O–H groups in total. The zero-order chi connectivity index (χ0) is 18.7. The van der Waals surface area contributed by atoms with Crippen LogP contribution < -0.4 is 5.32 Å². The van der Waals surface area contributed by atoms with Gasteiger partial charge in [-0.1, -0.05) is 28.9 Å². The smallest absolute Gasteiger partial charge is 0.341 e. The van der Waals surface area contributed by atoms with Crippen LogP contribution in [0.5, 0.6) is 0 Å². The topological polar surface area (TPSA) is 105 Å². The number of benzene rings is 1. The van der Waals surface area contributed by atoms with Gasteiger partial charge in [-0.15, -0.1) is 0 Å². The first-order valence-electron chi connectivity index (χ1n) is 7.67. The zero-order valence-electron chi connectivity index (χ0n) is 13.6. The molecule has 7 nitrogen and oxygen atoms in total. The summed E-state index contributed by atoms with van der Waals surface area (Å²) in [5.41, 5.74) is 0.971. The third kappa shape index (κ3) is 3.57. The van der Waals surface area contributed by atoms with Crippen LogP contribution in [0.25, 0.3) is 11.3 Å². The molecule has 1 aromatic carbocycles. The Morgan fingerprint density at radius 3 is 2.58 bits per heavy atom. The van der Waals surface area contributed by atoms with Crippen LogP contribution in [0.1, 0.15) is 39.4 Å². The summed E-state index contributed by atoms with van der Waals surface area (Å²) in [5, 5.41) is 16.7. The molecule has 0 aliphatic heterocycles. The Bertz CT molecular complexity index is 939. The van der Waals surface area contributed by atoms with Crippen molar-refractivity contribution in [1.82, 2.24) is 15.5 Å². The molecule has 8 heteroatoms. The molecule has 0 fully saturated rings. The van der Waals surface area contributed by atoms with Gasteiger partial charge in [0.2, 0.25) is 0 Å². The number of carbonyl (C=O) groups is 2. The van der Waals surface area contributed by atoms with Gasteiger partial charge in [0.05, 0.1) is 11.6 Å². The Kier molecular flexibility index (Phi) is 4.99. The molecule has 26 heavy (non-hydrogen) atoms. The van der Waals surface area contributed by atoms with Gasteiger partial charge in [-0.3, -0.25) is 9.78 Å². The Labute approximate surface area is 153 Å². The highest BCUT2D eigenvalue weighted by molar-refractivity contribution is 6.30. The van der Waals surface area contributed by atoms with Crippen molar-refractivity contribution >= 4 is 23.5 Å². The van der Waals surface area contributed by atoms with Crippen LogP contribution in [0, 0.1) is 0 Å². The summed E-state index contributed by atoms with van der Waals surface area (Å²) in [6, 6.07) is 9.09. The lowest BCUT2D eigenvalue weighted by atomic mass is 10.0. The summed E-state index contributed by atoms with van der Waals surface area (Å²) in [6.07, 6.45) is 2.97. The van der Waals surface area contributed by atoms with Crippen molar-refractivity contribution in [2.45, 2.75) is 13.0 Å². The van der Waals surface area contributed by atoms with Gasteiger partial charge in [-0.2, -0.15) is 0 Å². The number of rotatable bonds is 5. The Morgan fingerprint density at radius 1 is 1.23 bits per heavy atom. The number of carboxylic acid groups (broad SMARTS) is 1. The molecule has 0 saturated heterocycles. The van der Waals surface area contributed by atoms with Crippen molar-refractivity contribution in [2.24, 2.45) is 0 Å². The van der Waals surface area contributed by atoms with Crippen molar-refractivity contribution in [3.63, 3.8) is 0 Å². The average Bonchev–Trinajstić information content (AvgIpc) is 3.08. The Hall–Kier alpha value is -3.19. The fourth-order valence-electron chi connectivity index (χ4n) is 2.45. The summed E-state index contributed by atoms with van der Waals surface area (Å²) in [4.78, 5) is 27.9. The van der Waals surface area contributed by atoms with Gasteiger partial charge >= 0.3 is 5.97 Å². The van der Waals surface area contributed by atoms with E-state index in [1.165, 1.54) is 6.20 Å². The third-order valence-electron chi connectivity index (χ3n) is 3.71. The predicted molar refractivity (Wildman–Crippen MR) is 94.0 cm³/mol. The van der Waals surface area contributed by atoms with E-state index in [1.54, 1.807) is 49.5 Å². The molecule has 0 spiro atoms. The molecule has 3 rings (SSSR count). The molecular weight excluding hydrogens is 358 g/mol. The van der Waals surface area contributed by atoms with Crippen LogP contribution in [-0.4, -0.2) is 27.1 Å². The highest BCUT2D eigenvalue weighted by Gasteiger charge is 2.28. The Morgan fingerprint density at radius 2 is 1.96 bits per heavy atom. The van der Waals surface area contributed by atoms with Crippen molar-refractivity contribution in [2.75, 3.05) is 0 Å². The minimum atomic E-state index is -1.20. The van der Waals surface area contributed by atoms with Gasteiger partial charge in [-0.25, -0.2) is 4.79 Å². The first-order chi connectivity index (χ1) is 12.5. The largest absolute Gasteiger partial charge is 0.477 e. The number of hydrogen-bond acceptors (Lipinski definition) is 5. The van der Waals surface area contributed by atoms with Gasteiger partial charge in [0.1, 0.15) is 11.3 Å². The van der Waals surface area contributed by atoms with Crippen LogP contribution in [0.4, 0.5) is 0 Å². The molecule has 1 unspecified atom stereocenters. The minimum Gasteiger partial charge on any atom is -0.477 e. The number of carboxylic acids is 1. The van der Waals surface area contributed by atoms with Crippen LogP contribution in [-0.2, 0) is 0 Å². The first kappa shape index (κ1) is 17.6. The van der Waals surface area contributed by atoms with E-state index in [4.69, 9.17) is 16.1 Å². The highest BCUT2D eigenvalue weighted by Crippen LogP contribution is 2.30. The van der Waals surface area contributed by atoms with Gasteiger partial charge in [-0.05, 0) is 31.2 Å². The molecule has 132 valence electrons. The molecule has 0 saturated carbocycles. The van der Waals surface area contributed by atoms with Crippen molar-refractivity contribution in [3.05, 3.63) is 70.7 Å². The number of pyridine rings is 1. The van der Waals surface area contributed by atoms with Gasteiger partial charge in [0.25, 0.3) is 5.91 Å². The number of amides is 1. The maximum absolute atomic E-state index is 12.2. The van der Waals surface area contributed by atoms with Crippen molar-refractivity contribution in [1.29, 1.82) is 0 Å². The van der Waals surface area contributed by atoms with E-state index in [-0.39, 0.29) is 17.0 Å². The molecule has 0 bridgehead atoms. The average molecular weight is 372 g/mol. The second-order valence-corrected chi connectivity index (χ2v) is 5.96. The number of aromatic carboxylic acids is 1. The van der Waals surface area contributed by atoms with Crippen LogP contribution in [0.15, 0.2) is 53.3 Å². The number of hydrogen-bond donors (Lipinski definition) is 2. The SMILES string of the molecule is CC(NC(=O)c1cccnc1)c1onc(-c2ccc(Cl)cc2)c1C(=O)O. The number of nitrogens with zero attached hydrogens (tertiary/aromatic N) is 2. The first-order valence-corrected chi connectivity index (χ1v) is 8.05. The number of nitrogens with one attached hydrogen (secondary N) is 1. The molecule has 0 radical (unpaired) electrons. The maximum Gasteiger partial charge on any atom is 0.341 e. The molecular formula is C18H14ClN3O4. The summed E-state index contributed by atoms with van der Waals surface area (Å²) in [6.45, 7) is 1.62. The summed E-state index contributed by atoms with van der Waals surface area (Å²) in [7, 11) is 0. The monoisotopic (exact) mass is 371 g/mol. The molecule has 0 aliphatic carbocycles. The normalized spacial score (nSPS) is 11.8. The highest BCUT2D eigenvalue weighted by atomic mass is 35.5. The number of carbonyl (C=O) groups excluding carboxylic acids is 1. The second-order valence-electron chi connectivity index (χ2n) is 5.52. The summed E-state index contributed by atoms with van der Waals surface area (Å²) < 4.78 is 5.25. The summed E-state index contributed by atoms with van der Waals surface area (Å²) in [5.74, 6) is -1.54. The Balaban J connectivity index is 1.91. The van der Waals surface area contributed by atoms with Crippen LogP contribution >= 0.6 is 11.6 Å². The molecule has 1 amide bonds. The standard InChI is InChI=1S/C18H14ClN3O4/c1-10(21-17(23)12-3-2-8-20-9-12)16-14(18(24)25)15(22-26-16)11-4-6-13(19)7-5-11/h2-10H,1H3,(H,21,23)(H,24,25). The van der Waals surface area contributed by atoms with Gasteiger partial charge in [0.15, 0.2) is 5.76 Å². The molecule has 0 aliphatic rings. The second kappa shape index (κ2) is 7.37. The minimum absolute atomic E-state index is 0.0553. The zero-order valence-corrected chi connectivity index (χ0v) is 14.4. The van der Waals surface area contributed by atoms with E-state index in [0.29, 0.717) is 16.1 Å². The third-order valence-corrected chi connectivity index (χ3v) is 3.97. The molecule has 2 heterocycles. The van der Waals surface area contributed by atoms with Gasteiger partial charge in [0, 0.05) is 23.0 Å². The quantitative estimate of drug-likeness (QED) is 0.710. The lowest BCUT2D eigenvalue weighted by Gasteiger charge is -2.11.